The van der Waals surface area contributed by atoms with Gasteiger partial charge in [0.1, 0.15) is 11.2 Å². The summed E-state index contributed by atoms with van der Waals surface area (Å²) in [4.78, 5) is 0. The predicted molar refractivity (Wildman–Crippen MR) is 183 cm³/mol. The number of fused-ring (bicyclic) bond motifs is 6. The summed E-state index contributed by atoms with van der Waals surface area (Å²) in [7, 11) is 0. The Kier molecular flexibility index (Phi) is 3.95. The summed E-state index contributed by atoms with van der Waals surface area (Å²) >= 11 is 0. The molecule has 1 heterocycles. The molecule has 1 heteroatoms. The molecule has 9 rings (SSSR count). The predicted octanol–water partition coefficient (Wildman–Crippen LogP) is 12.0. The van der Waals surface area contributed by atoms with E-state index in [0.717, 1.165) is 54.6 Å². The average molecular weight is 554 g/mol. The third-order valence-corrected chi connectivity index (χ3v) is 8.41. The quantitative estimate of drug-likeness (QED) is 0.198. The van der Waals surface area contributed by atoms with Crippen molar-refractivity contribution in [2.45, 2.75) is 0 Å². The first-order valence-electron chi connectivity index (χ1n) is 17.7. The molecule has 0 amide bonds. The van der Waals surface area contributed by atoms with Crippen molar-refractivity contribution in [3.63, 3.8) is 0 Å². The second-order valence-corrected chi connectivity index (χ2v) is 10.7. The van der Waals surface area contributed by atoms with Crippen molar-refractivity contribution in [3.05, 3.63) is 158 Å². The summed E-state index contributed by atoms with van der Waals surface area (Å²) in [6.45, 7) is 0. The van der Waals surface area contributed by atoms with E-state index < -0.39 is 12.1 Å². The standard InChI is InChI=1S/C42H26O/c1-2-13-27(14-3-1)28-25-26-35(30-16-5-4-15-29(28)30)40-31-17-6-8-19-33(31)41(34-20-9-7-18-32(34)40)37-22-12-24-39-42(37)36-21-10-11-23-38(36)43-39/h1-26H/i10D,11D,12D,21D,22D,23D,24D. The maximum absolute atomic E-state index is 9.33. The van der Waals surface area contributed by atoms with E-state index in [2.05, 4.69) is 54.6 Å². The molecule has 9 aromatic rings. The highest BCUT2D eigenvalue weighted by atomic mass is 16.3. The molecule has 0 aliphatic carbocycles. The van der Waals surface area contributed by atoms with E-state index in [1.807, 2.05) is 60.7 Å². The van der Waals surface area contributed by atoms with Gasteiger partial charge in [-0.1, -0.05) is 145 Å². The smallest absolute Gasteiger partial charge is 0.136 e. The molecule has 0 aliphatic heterocycles. The Morgan fingerprint density at radius 3 is 1.56 bits per heavy atom. The lowest BCUT2D eigenvalue weighted by molar-refractivity contribution is 0.669. The lowest BCUT2D eigenvalue weighted by atomic mass is 9.83. The van der Waals surface area contributed by atoms with E-state index in [0.29, 0.717) is 11.1 Å². The molecule has 1 aromatic heterocycles. The number of hydrogen-bond acceptors (Lipinski definition) is 1. The van der Waals surface area contributed by atoms with Crippen molar-refractivity contribution in [3.8, 4) is 33.4 Å². The minimum absolute atomic E-state index is 0.0391. The molecule has 0 atom stereocenters. The molecule has 0 spiro atoms. The second-order valence-electron chi connectivity index (χ2n) is 10.7. The Labute approximate surface area is 259 Å². The third-order valence-electron chi connectivity index (χ3n) is 8.41. The second kappa shape index (κ2) is 9.44. The van der Waals surface area contributed by atoms with Crippen LogP contribution >= 0.6 is 0 Å². The first-order chi connectivity index (χ1) is 24.3. The van der Waals surface area contributed by atoms with Crippen molar-refractivity contribution in [2.24, 2.45) is 0 Å². The zero-order chi connectivity index (χ0) is 34.4. The van der Waals surface area contributed by atoms with Crippen LogP contribution in [0.5, 0.6) is 0 Å². The first-order valence-corrected chi connectivity index (χ1v) is 14.2. The van der Waals surface area contributed by atoms with Crippen LogP contribution in [-0.4, -0.2) is 0 Å². The van der Waals surface area contributed by atoms with Gasteiger partial charge in [-0.2, -0.15) is 0 Å². The van der Waals surface area contributed by atoms with E-state index in [9.17, 15) is 1.37 Å². The van der Waals surface area contributed by atoms with Crippen molar-refractivity contribution in [2.75, 3.05) is 0 Å². The van der Waals surface area contributed by atoms with E-state index in [1.54, 1.807) is 0 Å². The van der Waals surface area contributed by atoms with Crippen molar-refractivity contribution >= 4 is 54.3 Å². The van der Waals surface area contributed by atoms with Crippen LogP contribution in [-0.2, 0) is 0 Å². The lowest BCUT2D eigenvalue weighted by Gasteiger charge is -2.20. The van der Waals surface area contributed by atoms with Gasteiger partial charge in [0.15, 0.2) is 0 Å². The molecule has 0 radical (unpaired) electrons. The number of rotatable bonds is 3. The molecule has 0 fully saturated rings. The molecular weight excluding hydrogens is 520 g/mol. The Morgan fingerprint density at radius 2 is 0.884 bits per heavy atom. The zero-order valence-electron chi connectivity index (χ0n) is 29.9. The van der Waals surface area contributed by atoms with Gasteiger partial charge in [-0.3, -0.25) is 0 Å². The van der Waals surface area contributed by atoms with Crippen LogP contribution in [0.25, 0.3) is 87.6 Å². The van der Waals surface area contributed by atoms with Crippen LogP contribution in [0.1, 0.15) is 9.60 Å². The van der Waals surface area contributed by atoms with Gasteiger partial charge < -0.3 is 4.42 Å². The minimum atomic E-state index is -0.447. The van der Waals surface area contributed by atoms with Crippen LogP contribution < -0.4 is 0 Å². The molecule has 43 heavy (non-hydrogen) atoms. The van der Waals surface area contributed by atoms with Gasteiger partial charge in [0.05, 0.1) is 9.60 Å². The van der Waals surface area contributed by atoms with E-state index in [1.165, 1.54) is 0 Å². The Bertz CT molecular complexity index is 2840. The number of benzene rings is 8. The van der Waals surface area contributed by atoms with Gasteiger partial charge in [-0.05, 0) is 77.8 Å². The molecule has 200 valence electrons. The SMILES string of the molecule is [2H]c1c([2H])c([2H])c2c(oc3c([2H])c([2H])c([2H])c(-c4c5ccccc5c(-c5ccc(-c6ccccc6)c6ccccc56)c5ccccc45)c32)c1[2H]. The van der Waals surface area contributed by atoms with Crippen LogP contribution in [0.3, 0.4) is 0 Å². The van der Waals surface area contributed by atoms with Crippen LogP contribution in [0.2, 0.25) is 0 Å². The van der Waals surface area contributed by atoms with E-state index >= 15 is 0 Å². The molecule has 0 saturated carbocycles. The molecule has 0 N–H and O–H groups in total. The first kappa shape index (κ1) is 18.0. The van der Waals surface area contributed by atoms with Gasteiger partial charge in [0.25, 0.3) is 0 Å². The maximum Gasteiger partial charge on any atom is 0.136 e. The van der Waals surface area contributed by atoms with Gasteiger partial charge in [0.2, 0.25) is 0 Å². The summed E-state index contributed by atoms with van der Waals surface area (Å²) in [5.74, 6) is 0. The van der Waals surface area contributed by atoms with Crippen LogP contribution in [0, 0.1) is 0 Å². The van der Waals surface area contributed by atoms with Crippen molar-refractivity contribution in [1.29, 1.82) is 0 Å². The summed E-state index contributed by atoms with van der Waals surface area (Å²) < 4.78 is 67.2. The highest BCUT2D eigenvalue weighted by Crippen LogP contribution is 2.48. The number of hydrogen-bond donors (Lipinski definition) is 0. The number of para-hydroxylation sites is 1. The molecule has 1 nitrogen and oxygen atoms in total. The fraction of sp³-hybridized carbons (Fsp3) is 0. The fourth-order valence-electron chi connectivity index (χ4n) is 6.62. The number of furan rings is 1. The lowest BCUT2D eigenvalue weighted by Crippen LogP contribution is -1.92. The largest absolute Gasteiger partial charge is 0.456 e. The van der Waals surface area contributed by atoms with Gasteiger partial charge in [-0.15, -0.1) is 0 Å². The van der Waals surface area contributed by atoms with Gasteiger partial charge in [-0.25, -0.2) is 0 Å². The zero-order valence-corrected chi connectivity index (χ0v) is 22.9. The Balaban J connectivity index is 1.47. The third kappa shape index (κ3) is 3.58. The van der Waals surface area contributed by atoms with Crippen molar-refractivity contribution < 1.29 is 14.0 Å². The van der Waals surface area contributed by atoms with Crippen LogP contribution in [0.15, 0.2) is 162 Å². The van der Waals surface area contributed by atoms with E-state index in [4.69, 9.17) is 12.6 Å². The van der Waals surface area contributed by atoms with E-state index in [-0.39, 0.29) is 52.2 Å². The van der Waals surface area contributed by atoms with Gasteiger partial charge in [0, 0.05) is 10.8 Å². The summed E-state index contributed by atoms with van der Waals surface area (Å²) in [6, 6.07) is 36.5. The highest BCUT2D eigenvalue weighted by Gasteiger charge is 2.21. The maximum atomic E-state index is 9.33. The fourth-order valence-corrected chi connectivity index (χ4v) is 6.62. The summed E-state index contributed by atoms with van der Waals surface area (Å²) in [6.07, 6.45) is 0. The molecule has 0 unspecified atom stereocenters. The molecule has 8 aromatic carbocycles. The van der Waals surface area contributed by atoms with Crippen molar-refractivity contribution in [1.82, 2.24) is 0 Å². The molecule has 0 bridgehead atoms. The monoisotopic (exact) mass is 553 g/mol. The average Bonchev–Trinajstić information content (AvgIpc) is 3.56. The Hall–Kier alpha value is -5.66. The highest BCUT2D eigenvalue weighted by molar-refractivity contribution is 6.27. The topological polar surface area (TPSA) is 13.1 Å². The molecular formula is C42H26O. The van der Waals surface area contributed by atoms with Crippen LogP contribution in [0.4, 0.5) is 0 Å². The normalized spacial score (nSPS) is 14.0. The Morgan fingerprint density at radius 1 is 0.372 bits per heavy atom. The molecule has 0 aliphatic rings. The van der Waals surface area contributed by atoms with Gasteiger partial charge >= 0.3 is 0 Å². The minimum Gasteiger partial charge on any atom is -0.456 e. The summed E-state index contributed by atoms with van der Waals surface area (Å²) in [5, 5.41) is 5.99. The summed E-state index contributed by atoms with van der Waals surface area (Å²) in [5.41, 5.74) is 5.12. The molecule has 0 saturated heterocycles.